The lowest BCUT2D eigenvalue weighted by atomic mass is 9.94. The predicted molar refractivity (Wildman–Crippen MR) is 60.2 cm³/mol. The molecule has 1 saturated carbocycles. The van der Waals surface area contributed by atoms with E-state index in [2.05, 4.69) is 0 Å². The Morgan fingerprint density at radius 2 is 2.06 bits per heavy atom. The Hall–Kier alpha value is -1.10. The monoisotopic (exact) mass is 261 g/mol. The van der Waals surface area contributed by atoms with E-state index in [0.717, 1.165) is 6.07 Å². The third kappa shape index (κ3) is 2.83. The van der Waals surface area contributed by atoms with Crippen LogP contribution in [-0.4, -0.2) is 5.92 Å². The van der Waals surface area contributed by atoms with Crippen molar-refractivity contribution >= 4 is 0 Å². The summed E-state index contributed by atoms with van der Waals surface area (Å²) in [5, 5.41) is 0. The van der Waals surface area contributed by atoms with Gasteiger partial charge in [-0.3, -0.25) is 0 Å². The largest absolute Gasteiger partial charge is 0.324 e. The fraction of sp³-hybridized carbons (Fsp3) is 0.538. The predicted octanol–water partition coefficient (Wildman–Crippen LogP) is 3.79. The van der Waals surface area contributed by atoms with E-state index in [-0.39, 0.29) is 30.7 Å². The van der Waals surface area contributed by atoms with Crippen LogP contribution in [0.4, 0.5) is 17.6 Å². The highest BCUT2D eigenvalue weighted by Crippen LogP contribution is 2.42. The van der Waals surface area contributed by atoms with Gasteiger partial charge in [-0.25, -0.2) is 17.6 Å². The molecule has 0 aliphatic heterocycles. The number of hydrogen-bond acceptors (Lipinski definition) is 1. The zero-order chi connectivity index (χ0) is 13.3. The fourth-order valence-corrected chi connectivity index (χ4v) is 2.54. The van der Waals surface area contributed by atoms with Gasteiger partial charge in [-0.1, -0.05) is 12.1 Å². The van der Waals surface area contributed by atoms with Crippen LogP contribution < -0.4 is 5.73 Å². The molecule has 0 aromatic heterocycles. The first-order valence-corrected chi connectivity index (χ1v) is 5.96. The Kier molecular flexibility index (Phi) is 3.61. The molecule has 1 fully saturated rings. The van der Waals surface area contributed by atoms with Crippen molar-refractivity contribution in [3.63, 3.8) is 0 Å². The van der Waals surface area contributed by atoms with Crippen LogP contribution in [0.1, 0.15) is 37.3 Å². The van der Waals surface area contributed by atoms with Crippen LogP contribution >= 0.6 is 0 Å². The second kappa shape index (κ2) is 4.88. The molecule has 1 aliphatic carbocycles. The lowest BCUT2D eigenvalue weighted by Gasteiger charge is -2.17. The minimum atomic E-state index is -2.63. The van der Waals surface area contributed by atoms with Crippen molar-refractivity contribution in [1.29, 1.82) is 0 Å². The summed E-state index contributed by atoms with van der Waals surface area (Å²) in [6.45, 7) is 0. The lowest BCUT2D eigenvalue weighted by Crippen LogP contribution is -2.17. The van der Waals surface area contributed by atoms with Crippen molar-refractivity contribution in [3.8, 4) is 0 Å². The van der Waals surface area contributed by atoms with Crippen LogP contribution in [0.3, 0.4) is 0 Å². The normalized spacial score (nSPS) is 24.2. The average Bonchev–Trinajstić information content (AvgIpc) is 2.62. The van der Waals surface area contributed by atoms with E-state index < -0.39 is 23.6 Å². The molecular weight excluding hydrogens is 246 g/mol. The van der Waals surface area contributed by atoms with Gasteiger partial charge in [-0.05, 0) is 24.8 Å². The smallest absolute Gasteiger partial charge is 0.248 e. The number of alkyl halides is 2. The Balaban J connectivity index is 2.04. The maximum Gasteiger partial charge on any atom is 0.248 e. The van der Waals surface area contributed by atoms with Crippen molar-refractivity contribution < 1.29 is 17.6 Å². The summed E-state index contributed by atoms with van der Waals surface area (Å²) in [6, 6.07) is 3.04. The van der Waals surface area contributed by atoms with Crippen LogP contribution in [0.25, 0.3) is 0 Å². The van der Waals surface area contributed by atoms with E-state index in [1.54, 1.807) is 0 Å². The van der Waals surface area contributed by atoms with E-state index in [1.807, 2.05) is 0 Å². The number of nitrogens with two attached hydrogens (primary N) is 1. The first-order valence-electron chi connectivity index (χ1n) is 5.96. The van der Waals surface area contributed by atoms with Crippen LogP contribution in [-0.2, 0) is 0 Å². The minimum absolute atomic E-state index is 0.0604. The molecule has 0 amide bonds. The van der Waals surface area contributed by atoms with Crippen LogP contribution in [0.15, 0.2) is 18.2 Å². The van der Waals surface area contributed by atoms with Gasteiger partial charge in [0.05, 0.1) is 0 Å². The van der Waals surface area contributed by atoms with E-state index in [9.17, 15) is 17.6 Å². The van der Waals surface area contributed by atoms with Crippen molar-refractivity contribution in [2.45, 2.75) is 37.6 Å². The SMILES string of the molecule is NC(CC1CCC(F)(F)C1)c1cccc(F)c1F. The first-order chi connectivity index (χ1) is 8.39. The molecule has 100 valence electrons. The van der Waals surface area contributed by atoms with E-state index in [1.165, 1.54) is 12.1 Å². The molecule has 0 saturated heterocycles. The topological polar surface area (TPSA) is 26.0 Å². The number of halogens is 4. The molecule has 0 radical (unpaired) electrons. The van der Waals surface area contributed by atoms with Gasteiger partial charge in [0.1, 0.15) is 0 Å². The Morgan fingerprint density at radius 3 is 2.67 bits per heavy atom. The highest BCUT2D eigenvalue weighted by Gasteiger charge is 2.39. The van der Waals surface area contributed by atoms with Gasteiger partial charge in [0.25, 0.3) is 0 Å². The molecule has 5 heteroatoms. The van der Waals surface area contributed by atoms with Gasteiger partial charge in [0.2, 0.25) is 5.92 Å². The van der Waals surface area contributed by atoms with Crippen molar-refractivity contribution in [2.24, 2.45) is 11.7 Å². The van der Waals surface area contributed by atoms with E-state index in [4.69, 9.17) is 5.73 Å². The third-order valence-electron chi connectivity index (χ3n) is 3.47. The standard InChI is InChI=1S/C13H15F4N/c14-10-3-1-2-9(12(10)15)11(18)6-8-4-5-13(16,17)7-8/h1-3,8,11H,4-7,18H2. The Morgan fingerprint density at radius 1 is 1.33 bits per heavy atom. The molecule has 2 unspecified atom stereocenters. The number of hydrogen-bond donors (Lipinski definition) is 1. The van der Waals surface area contributed by atoms with Crippen molar-refractivity contribution in [2.75, 3.05) is 0 Å². The molecule has 1 nitrogen and oxygen atoms in total. The molecule has 2 rings (SSSR count). The Bertz CT molecular complexity index is 433. The lowest BCUT2D eigenvalue weighted by molar-refractivity contribution is 0.00445. The number of rotatable bonds is 3. The molecule has 1 aromatic carbocycles. The average molecular weight is 261 g/mol. The molecule has 2 atom stereocenters. The molecule has 2 N–H and O–H groups in total. The second-order valence-corrected chi connectivity index (χ2v) is 4.95. The molecular formula is C13H15F4N. The van der Waals surface area contributed by atoms with Crippen molar-refractivity contribution in [1.82, 2.24) is 0 Å². The summed E-state index contributed by atoms with van der Waals surface area (Å²) >= 11 is 0. The summed E-state index contributed by atoms with van der Waals surface area (Å²) in [7, 11) is 0. The van der Waals surface area contributed by atoms with E-state index in [0.29, 0.717) is 6.42 Å². The van der Waals surface area contributed by atoms with Gasteiger partial charge in [0.15, 0.2) is 11.6 Å². The van der Waals surface area contributed by atoms with E-state index >= 15 is 0 Å². The van der Waals surface area contributed by atoms with Gasteiger partial charge < -0.3 is 5.73 Å². The summed E-state index contributed by atoms with van der Waals surface area (Å²) < 4.78 is 52.5. The van der Waals surface area contributed by atoms with Crippen LogP contribution in [0.2, 0.25) is 0 Å². The second-order valence-electron chi connectivity index (χ2n) is 4.95. The summed E-state index contributed by atoms with van der Waals surface area (Å²) in [5.74, 6) is -4.79. The van der Waals surface area contributed by atoms with Gasteiger partial charge in [0, 0.05) is 24.4 Å². The maximum absolute atomic E-state index is 13.5. The van der Waals surface area contributed by atoms with Crippen LogP contribution in [0.5, 0.6) is 0 Å². The summed E-state index contributed by atoms with van der Waals surface area (Å²) in [6.07, 6.45) is 0.293. The maximum atomic E-state index is 13.5. The molecule has 0 spiro atoms. The van der Waals surface area contributed by atoms with Gasteiger partial charge in [-0.2, -0.15) is 0 Å². The highest BCUT2D eigenvalue weighted by molar-refractivity contribution is 5.22. The van der Waals surface area contributed by atoms with Gasteiger partial charge >= 0.3 is 0 Å². The van der Waals surface area contributed by atoms with Gasteiger partial charge in [-0.15, -0.1) is 0 Å². The van der Waals surface area contributed by atoms with Crippen molar-refractivity contribution in [3.05, 3.63) is 35.4 Å². The fourth-order valence-electron chi connectivity index (χ4n) is 2.54. The molecule has 18 heavy (non-hydrogen) atoms. The summed E-state index contributed by atoms with van der Waals surface area (Å²) in [4.78, 5) is 0. The molecule has 1 aromatic rings. The molecule has 0 bridgehead atoms. The highest BCUT2D eigenvalue weighted by atomic mass is 19.3. The minimum Gasteiger partial charge on any atom is -0.324 e. The molecule has 0 heterocycles. The summed E-state index contributed by atoms with van der Waals surface area (Å²) in [5.41, 5.74) is 5.84. The zero-order valence-corrected chi connectivity index (χ0v) is 9.80. The quantitative estimate of drug-likeness (QED) is 0.823. The molecule has 1 aliphatic rings. The van der Waals surface area contributed by atoms with Crippen LogP contribution in [0, 0.1) is 17.6 Å². The third-order valence-corrected chi connectivity index (χ3v) is 3.47. The Labute approximate surface area is 103 Å². The number of benzene rings is 1. The zero-order valence-electron chi connectivity index (χ0n) is 9.80. The first kappa shape index (κ1) is 13.3.